The van der Waals surface area contributed by atoms with Gasteiger partial charge < -0.3 is 4.74 Å². The second-order valence-corrected chi connectivity index (χ2v) is 5.91. The molecule has 0 N–H and O–H groups in total. The molecular weight excluding hydrogens is 340 g/mol. The highest BCUT2D eigenvalue weighted by Crippen LogP contribution is 2.28. The molecule has 4 heteroatoms. The van der Waals surface area contributed by atoms with E-state index in [0.717, 1.165) is 21.3 Å². The fourth-order valence-corrected chi connectivity index (χ4v) is 2.83. The molecule has 2 aromatic rings. The van der Waals surface area contributed by atoms with Crippen molar-refractivity contribution in [3.05, 3.63) is 62.1 Å². The number of aryl methyl sites for hydroxylation is 2. The first-order valence-electron chi connectivity index (χ1n) is 6.09. The van der Waals surface area contributed by atoms with Crippen molar-refractivity contribution in [1.29, 1.82) is 0 Å². The van der Waals surface area contributed by atoms with Crippen LogP contribution < -0.4 is 4.74 Å². The number of hydrogen-bond donors (Lipinski definition) is 0. The number of halogens is 2. The number of methoxy groups -OCH3 is 1. The predicted octanol–water partition coefficient (Wildman–Crippen LogP) is 4.96. The lowest BCUT2D eigenvalue weighted by Gasteiger charge is -2.11. The van der Waals surface area contributed by atoms with Gasteiger partial charge in [0.15, 0.2) is 5.78 Å². The maximum absolute atomic E-state index is 12.6. The van der Waals surface area contributed by atoms with Crippen molar-refractivity contribution in [3.63, 3.8) is 0 Å². The van der Waals surface area contributed by atoms with Crippen molar-refractivity contribution >= 4 is 33.3 Å². The Kier molecular flexibility index (Phi) is 4.51. The molecule has 20 heavy (non-hydrogen) atoms. The molecule has 0 amide bonds. The Morgan fingerprint density at radius 1 is 1.10 bits per heavy atom. The third-order valence-electron chi connectivity index (χ3n) is 3.16. The normalized spacial score (nSPS) is 10.4. The Labute approximate surface area is 131 Å². The molecular formula is C16H14BrClO2. The summed E-state index contributed by atoms with van der Waals surface area (Å²) in [5.74, 6) is 0.701. The zero-order valence-electron chi connectivity index (χ0n) is 11.5. The molecule has 0 spiro atoms. The smallest absolute Gasteiger partial charge is 0.194 e. The van der Waals surface area contributed by atoms with Gasteiger partial charge in [-0.25, -0.2) is 0 Å². The Morgan fingerprint density at radius 2 is 1.80 bits per heavy atom. The molecule has 2 aromatic carbocycles. The number of carbonyl (C=O) groups is 1. The minimum Gasteiger partial charge on any atom is -0.496 e. The first kappa shape index (κ1) is 15.1. The van der Waals surface area contributed by atoms with Crippen LogP contribution in [0.25, 0.3) is 0 Å². The van der Waals surface area contributed by atoms with Gasteiger partial charge in [0.2, 0.25) is 0 Å². The van der Waals surface area contributed by atoms with E-state index in [4.69, 9.17) is 16.3 Å². The number of hydrogen-bond acceptors (Lipinski definition) is 2. The van der Waals surface area contributed by atoms with Gasteiger partial charge in [0.1, 0.15) is 5.75 Å². The number of carbonyl (C=O) groups excluding carboxylic acids is 1. The summed E-state index contributed by atoms with van der Waals surface area (Å²) < 4.78 is 6.11. The zero-order valence-corrected chi connectivity index (χ0v) is 13.8. The standard InChI is InChI=1S/C16H14BrClO2/c1-9-7-15(20-3)10(2)6-13(9)16(19)12-5-4-11(17)8-14(12)18/h4-8H,1-3H3. The van der Waals surface area contributed by atoms with Gasteiger partial charge in [0.05, 0.1) is 12.1 Å². The minimum atomic E-state index is -0.0780. The highest BCUT2D eigenvalue weighted by Gasteiger charge is 2.17. The summed E-state index contributed by atoms with van der Waals surface area (Å²) in [7, 11) is 1.62. The molecule has 0 aliphatic rings. The molecule has 0 saturated heterocycles. The molecule has 2 rings (SSSR count). The van der Waals surface area contributed by atoms with E-state index >= 15 is 0 Å². The average molecular weight is 354 g/mol. The van der Waals surface area contributed by atoms with Gasteiger partial charge >= 0.3 is 0 Å². The lowest BCUT2D eigenvalue weighted by Crippen LogP contribution is -2.06. The van der Waals surface area contributed by atoms with Crippen LogP contribution in [0.1, 0.15) is 27.0 Å². The lowest BCUT2D eigenvalue weighted by molar-refractivity contribution is 0.103. The van der Waals surface area contributed by atoms with Gasteiger partial charge in [-0.2, -0.15) is 0 Å². The summed E-state index contributed by atoms with van der Waals surface area (Å²) in [4.78, 5) is 12.6. The van der Waals surface area contributed by atoms with Crippen LogP contribution in [0.2, 0.25) is 5.02 Å². The SMILES string of the molecule is COc1cc(C)c(C(=O)c2ccc(Br)cc2Cl)cc1C. The summed E-state index contributed by atoms with van der Waals surface area (Å²) in [5, 5.41) is 0.442. The van der Waals surface area contributed by atoms with Gasteiger partial charge in [-0.3, -0.25) is 4.79 Å². The fourth-order valence-electron chi connectivity index (χ4n) is 2.07. The lowest BCUT2D eigenvalue weighted by atomic mass is 9.97. The van der Waals surface area contributed by atoms with Gasteiger partial charge in [0.25, 0.3) is 0 Å². The molecule has 0 fully saturated rings. The van der Waals surface area contributed by atoms with E-state index in [9.17, 15) is 4.79 Å². The van der Waals surface area contributed by atoms with E-state index in [1.807, 2.05) is 32.0 Å². The van der Waals surface area contributed by atoms with Crippen LogP contribution in [0.15, 0.2) is 34.8 Å². The number of ether oxygens (including phenoxy) is 1. The Balaban J connectivity index is 2.51. The molecule has 0 aliphatic heterocycles. The fraction of sp³-hybridized carbons (Fsp3) is 0.188. The molecule has 0 unspecified atom stereocenters. The summed E-state index contributed by atoms with van der Waals surface area (Å²) in [6.45, 7) is 3.81. The Bertz CT molecular complexity index is 680. The topological polar surface area (TPSA) is 26.3 Å². The van der Waals surface area contributed by atoms with Crippen LogP contribution in [-0.2, 0) is 0 Å². The van der Waals surface area contributed by atoms with Crippen LogP contribution >= 0.6 is 27.5 Å². The van der Waals surface area contributed by atoms with Crippen molar-refractivity contribution < 1.29 is 9.53 Å². The first-order valence-corrected chi connectivity index (χ1v) is 7.26. The zero-order chi connectivity index (χ0) is 14.9. The van der Waals surface area contributed by atoms with Crippen molar-refractivity contribution in [2.45, 2.75) is 13.8 Å². The average Bonchev–Trinajstić information content (AvgIpc) is 2.40. The van der Waals surface area contributed by atoms with E-state index in [1.54, 1.807) is 19.2 Å². The summed E-state index contributed by atoms with van der Waals surface area (Å²) in [5.41, 5.74) is 2.95. The van der Waals surface area contributed by atoms with E-state index in [1.165, 1.54) is 0 Å². The van der Waals surface area contributed by atoms with Crippen LogP contribution in [0.4, 0.5) is 0 Å². The molecule has 0 bridgehead atoms. The summed E-state index contributed by atoms with van der Waals surface area (Å²) >= 11 is 9.48. The number of ketones is 1. The minimum absolute atomic E-state index is 0.0780. The first-order chi connectivity index (χ1) is 9.43. The number of rotatable bonds is 3. The summed E-state index contributed by atoms with van der Waals surface area (Å²) in [6.07, 6.45) is 0. The monoisotopic (exact) mass is 352 g/mol. The van der Waals surface area contributed by atoms with Gasteiger partial charge in [-0.1, -0.05) is 27.5 Å². The Morgan fingerprint density at radius 3 is 2.40 bits per heavy atom. The molecule has 2 nitrogen and oxygen atoms in total. The van der Waals surface area contributed by atoms with E-state index in [2.05, 4.69) is 15.9 Å². The molecule has 0 aliphatic carbocycles. The highest BCUT2D eigenvalue weighted by molar-refractivity contribution is 9.10. The van der Waals surface area contributed by atoms with E-state index < -0.39 is 0 Å². The van der Waals surface area contributed by atoms with Crippen molar-refractivity contribution in [3.8, 4) is 5.75 Å². The van der Waals surface area contributed by atoms with Crippen LogP contribution in [0, 0.1) is 13.8 Å². The third-order valence-corrected chi connectivity index (χ3v) is 3.97. The molecule has 0 heterocycles. The van der Waals surface area contributed by atoms with E-state index in [-0.39, 0.29) is 5.78 Å². The number of benzene rings is 2. The van der Waals surface area contributed by atoms with Gasteiger partial charge in [0, 0.05) is 15.6 Å². The highest BCUT2D eigenvalue weighted by atomic mass is 79.9. The van der Waals surface area contributed by atoms with Crippen molar-refractivity contribution in [1.82, 2.24) is 0 Å². The largest absolute Gasteiger partial charge is 0.496 e. The predicted molar refractivity (Wildman–Crippen MR) is 85.1 cm³/mol. The summed E-state index contributed by atoms with van der Waals surface area (Å²) in [6, 6.07) is 8.98. The second-order valence-electron chi connectivity index (χ2n) is 4.59. The quantitative estimate of drug-likeness (QED) is 0.729. The van der Waals surface area contributed by atoms with Crippen molar-refractivity contribution in [2.24, 2.45) is 0 Å². The van der Waals surface area contributed by atoms with Gasteiger partial charge in [-0.15, -0.1) is 0 Å². The molecule has 0 aromatic heterocycles. The van der Waals surface area contributed by atoms with Crippen molar-refractivity contribution in [2.75, 3.05) is 7.11 Å². The third kappa shape index (κ3) is 2.89. The second kappa shape index (κ2) is 5.98. The van der Waals surface area contributed by atoms with E-state index in [0.29, 0.717) is 16.1 Å². The van der Waals surface area contributed by atoms with Crippen LogP contribution in [0.3, 0.4) is 0 Å². The maximum atomic E-state index is 12.6. The molecule has 104 valence electrons. The molecule has 0 radical (unpaired) electrons. The van der Waals surface area contributed by atoms with Gasteiger partial charge in [-0.05, 0) is 55.3 Å². The molecule has 0 atom stereocenters. The van der Waals surface area contributed by atoms with Crippen LogP contribution in [0.5, 0.6) is 5.75 Å². The maximum Gasteiger partial charge on any atom is 0.194 e. The molecule has 0 saturated carbocycles. The van der Waals surface area contributed by atoms with Crippen LogP contribution in [-0.4, -0.2) is 12.9 Å². The Hall–Kier alpha value is -1.32.